The van der Waals surface area contributed by atoms with Crippen molar-refractivity contribution in [2.24, 2.45) is 0 Å². The third-order valence-electron chi connectivity index (χ3n) is 21.4. The molecule has 648 valence electrons. The Morgan fingerprint density at radius 3 is 0.541 bits per heavy atom. The average Bonchev–Trinajstić information content (AvgIpc) is 0.890. The highest BCUT2D eigenvalue weighted by Gasteiger charge is 2.30. The maximum absolute atomic E-state index is 13.2. The lowest BCUT2D eigenvalue weighted by Crippen LogP contribution is -2.30. The van der Waals surface area contributed by atoms with Gasteiger partial charge in [0.2, 0.25) is 0 Å². The third-order valence-corrected chi connectivity index (χ3v) is 23.3. The molecule has 0 spiro atoms. The molecule has 5 atom stereocenters. The van der Waals surface area contributed by atoms with Gasteiger partial charge < -0.3 is 33.8 Å². The van der Waals surface area contributed by atoms with Crippen LogP contribution in [0, 0.1) is 0 Å². The molecule has 0 radical (unpaired) electrons. The second kappa shape index (κ2) is 84.0. The van der Waals surface area contributed by atoms with Crippen molar-refractivity contribution in [2.75, 3.05) is 39.6 Å². The molecule has 0 aromatic rings. The zero-order chi connectivity index (χ0) is 79.6. The van der Waals surface area contributed by atoms with Gasteiger partial charge in [-0.05, 0) is 25.7 Å². The summed E-state index contributed by atoms with van der Waals surface area (Å²) < 4.78 is 69.0. The van der Waals surface area contributed by atoms with Crippen LogP contribution in [-0.2, 0) is 65.4 Å². The van der Waals surface area contributed by atoms with Crippen LogP contribution in [0.3, 0.4) is 0 Å². The van der Waals surface area contributed by atoms with Gasteiger partial charge in [0.1, 0.15) is 19.3 Å². The smallest absolute Gasteiger partial charge is 0.462 e. The molecular formula is C90H176O17P2. The maximum Gasteiger partial charge on any atom is 0.472 e. The van der Waals surface area contributed by atoms with Crippen LogP contribution < -0.4 is 0 Å². The first-order valence-corrected chi connectivity index (χ1v) is 49.8. The minimum atomic E-state index is -4.97. The molecule has 109 heavy (non-hydrogen) atoms. The zero-order valence-electron chi connectivity index (χ0n) is 71.5. The number of aliphatic hydroxyl groups is 1. The number of hydrogen-bond acceptors (Lipinski definition) is 15. The molecule has 0 aromatic carbocycles. The number of hydrogen-bond donors (Lipinski definition) is 3. The van der Waals surface area contributed by atoms with Crippen molar-refractivity contribution in [1.29, 1.82) is 0 Å². The first-order valence-electron chi connectivity index (χ1n) is 46.8. The summed E-state index contributed by atoms with van der Waals surface area (Å²) in [5.74, 6) is -2.09. The summed E-state index contributed by atoms with van der Waals surface area (Å²) in [4.78, 5) is 73.4. The number of rotatable bonds is 91. The van der Waals surface area contributed by atoms with E-state index in [-0.39, 0.29) is 25.7 Å². The van der Waals surface area contributed by atoms with Gasteiger partial charge in [0, 0.05) is 25.7 Å². The molecule has 3 N–H and O–H groups in total. The first kappa shape index (κ1) is 107. The van der Waals surface area contributed by atoms with Crippen LogP contribution in [-0.4, -0.2) is 96.7 Å². The van der Waals surface area contributed by atoms with Gasteiger partial charge in [-0.3, -0.25) is 37.3 Å². The second-order valence-electron chi connectivity index (χ2n) is 32.3. The van der Waals surface area contributed by atoms with Crippen LogP contribution in [0.15, 0.2) is 0 Å². The van der Waals surface area contributed by atoms with Crippen LogP contribution in [0.5, 0.6) is 0 Å². The van der Waals surface area contributed by atoms with Gasteiger partial charge in [-0.2, -0.15) is 0 Å². The van der Waals surface area contributed by atoms with Gasteiger partial charge in [0.05, 0.1) is 26.4 Å². The van der Waals surface area contributed by atoms with E-state index in [0.29, 0.717) is 25.7 Å². The van der Waals surface area contributed by atoms with Crippen molar-refractivity contribution >= 4 is 39.5 Å². The predicted octanol–water partition coefficient (Wildman–Crippen LogP) is 28.1. The van der Waals surface area contributed by atoms with Crippen molar-refractivity contribution < 1.29 is 80.2 Å². The fourth-order valence-corrected chi connectivity index (χ4v) is 15.8. The van der Waals surface area contributed by atoms with Gasteiger partial charge in [0.25, 0.3) is 0 Å². The summed E-state index contributed by atoms with van der Waals surface area (Å²) in [6.45, 7) is 5.08. The van der Waals surface area contributed by atoms with E-state index in [9.17, 15) is 43.2 Å². The largest absolute Gasteiger partial charge is 0.472 e. The molecular weight excluding hydrogens is 1410 g/mol. The molecule has 0 aromatic heterocycles. The summed E-state index contributed by atoms with van der Waals surface area (Å²) in [6.07, 6.45) is 80.6. The summed E-state index contributed by atoms with van der Waals surface area (Å²) >= 11 is 0. The Kier molecular flexibility index (Phi) is 82.5. The molecule has 0 amide bonds. The summed E-state index contributed by atoms with van der Waals surface area (Å²) in [7, 11) is -9.93. The van der Waals surface area contributed by atoms with E-state index in [0.717, 1.165) is 89.9 Å². The van der Waals surface area contributed by atoms with Gasteiger partial charge in [0.15, 0.2) is 12.2 Å². The number of ether oxygens (including phenoxy) is 4. The van der Waals surface area contributed by atoms with Gasteiger partial charge in [-0.15, -0.1) is 0 Å². The number of phosphoric acid groups is 2. The second-order valence-corrected chi connectivity index (χ2v) is 35.3. The molecule has 0 saturated carbocycles. The molecule has 2 unspecified atom stereocenters. The number of unbranched alkanes of at least 4 members (excludes halogenated alkanes) is 65. The molecule has 0 rings (SSSR count). The fraction of sp³-hybridized carbons (Fsp3) is 0.956. The first-order chi connectivity index (χ1) is 53.2. The molecule has 0 bridgehead atoms. The van der Waals surface area contributed by atoms with Crippen LogP contribution in [0.25, 0.3) is 0 Å². The van der Waals surface area contributed by atoms with Crippen molar-refractivity contribution in [1.82, 2.24) is 0 Å². The topological polar surface area (TPSA) is 237 Å². The number of carbonyl (C=O) groups excluding carboxylic acids is 4. The Morgan fingerprint density at radius 2 is 0.367 bits per heavy atom. The normalized spacial score (nSPS) is 13.6. The quantitative estimate of drug-likeness (QED) is 0.0222. The van der Waals surface area contributed by atoms with Crippen LogP contribution >= 0.6 is 15.6 Å². The van der Waals surface area contributed by atoms with Gasteiger partial charge in [-0.25, -0.2) is 9.13 Å². The highest BCUT2D eigenvalue weighted by molar-refractivity contribution is 7.47. The molecule has 0 heterocycles. The van der Waals surface area contributed by atoms with Gasteiger partial charge >= 0.3 is 39.5 Å². The molecule has 17 nitrogen and oxygen atoms in total. The summed E-state index contributed by atoms with van der Waals surface area (Å²) in [6, 6.07) is 0. The predicted molar refractivity (Wildman–Crippen MR) is 451 cm³/mol. The van der Waals surface area contributed by atoms with E-state index in [4.69, 9.17) is 37.0 Å². The van der Waals surface area contributed by atoms with Gasteiger partial charge in [-0.1, -0.05) is 445 Å². The van der Waals surface area contributed by atoms with Crippen molar-refractivity contribution in [2.45, 2.75) is 515 Å². The lowest BCUT2D eigenvalue weighted by atomic mass is 10.0. The fourth-order valence-electron chi connectivity index (χ4n) is 14.2. The Hall–Kier alpha value is -1.94. The number of phosphoric ester groups is 2. The lowest BCUT2D eigenvalue weighted by Gasteiger charge is -2.21. The monoisotopic (exact) mass is 1590 g/mol. The van der Waals surface area contributed by atoms with E-state index in [2.05, 4.69) is 27.7 Å². The molecule has 19 heteroatoms. The van der Waals surface area contributed by atoms with Crippen molar-refractivity contribution in [3.05, 3.63) is 0 Å². The minimum absolute atomic E-state index is 0.109. The summed E-state index contributed by atoms with van der Waals surface area (Å²) in [5, 5.41) is 10.7. The van der Waals surface area contributed by atoms with E-state index in [1.165, 1.54) is 327 Å². The van der Waals surface area contributed by atoms with E-state index in [1.807, 2.05) is 0 Å². The van der Waals surface area contributed by atoms with Crippen molar-refractivity contribution in [3.63, 3.8) is 0 Å². The standard InChI is InChI=1S/C90H176O17P2/c1-5-9-13-17-21-25-29-32-35-38-40-41-42-44-47-50-53-57-61-65-69-73-77-90(95)107-86(81-101-88(93)75-71-67-63-59-55-51-48-46-43-39-36-33-30-26-22-18-14-10-6-2)83-105-109(98,99)103-79-84(91)78-102-108(96,97)104-82-85(80-100-87(92)74-70-66-62-58-54-28-24-20-16-12-8-4)106-89(94)76-72-68-64-60-56-52-49-45-37-34-31-27-23-19-15-11-7-3/h84-86,91H,5-83H2,1-4H3,(H,96,97)(H,98,99)/t84-,85+,86+/m0/s1. The highest BCUT2D eigenvalue weighted by Crippen LogP contribution is 2.45. The van der Waals surface area contributed by atoms with Crippen LogP contribution in [0.4, 0.5) is 0 Å². The SMILES string of the molecule is CCCCCCCCCCCCCCCCCCCCCCCCC(=O)O[C@H](COC(=O)CCCCCCCCCCCCCCCCCCCCC)COP(=O)(O)OC[C@@H](O)COP(=O)(O)OC[C@@H](COC(=O)CCCCCCCCCCCCC)OC(=O)CCCCCCCCCCCCCCCCCCC. The molecule has 0 aliphatic rings. The molecule has 0 aliphatic heterocycles. The molecule has 0 saturated heterocycles. The number of esters is 4. The van der Waals surface area contributed by atoms with Crippen LogP contribution in [0.2, 0.25) is 0 Å². The molecule has 0 aliphatic carbocycles. The number of carbonyl (C=O) groups is 4. The Balaban J connectivity index is 5.22. The maximum atomic E-state index is 13.2. The van der Waals surface area contributed by atoms with Crippen LogP contribution in [0.1, 0.15) is 496 Å². The Labute approximate surface area is 670 Å². The minimum Gasteiger partial charge on any atom is -0.462 e. The van der Waals surface area contributed by atoms with E-state index < -0.39 is 97.5 Å². The highest BCUT2D eigenvalue weighted by atomic mass is 31.2. The van der Waals surface area contributed by atoms with Crippen molar-refractivity contribution in [3.8, 4) is 0 Å². The Bertz CT molecular complexity index is 2050. The molecule has 0 fully saturated rings. The average molecular weight is 1590 g/mol. The zero-order valence-corrected chi connectivity index (χ0v) is 73.3. The lowest BCUT2D eigenvalue weighted by molar-refractivity contribution is -0.161. The van der Waals surface area contributed by atoms with E-state index >= 15 is 0 Å². The van der Waals surface area contributed by atoms with E-state index in [1.54, 1.807) is 0 Å². The number of aliphatic hydroxyl groups excluding tert-OH is 1. The Morgan fingerprint density at radius 1 is 0.220 bits per heavy atom. The summed E-state index contributed by atoms with van der Waals surface area (Å²) in [5.41, 5.74) is 0. The third kappa shape index (κ3) is 83.8.